The number of hydrogen-bond acceptors (Lipinski definition) is 4. The van der Waals surface area contributed by atoms with Crippen molar-refractivity contribution < 1.29 is 17.5 Å². The molecule has 2 aromatic rings. The van der Waals surface area contributed by atoms with Crippen molar-refractivity contribution in [3.63, 3.8) is 0 Å². The smallest absolute Gasteiger partial charge is 0.265 e. The average Bonchev–Trinajstić information content (AvgIpc) is 2.42. The number of methoxy groups -OCH3 is 1. The first-order valence-electron chi connectivity index (χ1n) is 5.75. The first-order chi connectivity index (χ1) is 9.83. The summed E-state index contributed by atoms with van der Waals surface area (Å²) in [6.45, 7) is 0. The summed E-state index contributed by atoms with van der Waals surface area (Å²) in [5.74, 6) is -0.532. The van der Waals surface area contributed by atoms with Gasteiger partial charge in [-0.05, 0) is 24.3 Å². The maximum absolute atomic E-state index is 13.2. The van der Waals surface area contributed by atoms with E-state index in [4.69, 9.17) is 22.1 Å². The molecule has 0 saturated carbocycles. The molecule has 0 aliphatic rings. The molecule has 0 aliphatic carbocycles. The summed E-state index contributed by atoms with van der Waals surface area (Å²) < 4.78 is 45.1. The number of nitrogens with two attached hydrogens (primary N) is 1. The molecule has 0 spiro atoms. The van der Waals surface area contributed by atoms with Crippen molar-refractivity contribution in [3.8, 4) is 5.75 Å². The Labute approximate surface area is 126 Å². The number of halogens is 2. The summed E-state index contributed by atoms with van der Waals surface area (Å²) in [5.41, 5.74) is 5.68. The quantitative estimate of drug-likeness (QED) is 0.845. The van der Waals surface area contributed by atoms with Crippen LogP contribution in [-0.4, -0.2) is 15.5 Å². The monoisotopic (exact) mass is 330 g/mol. The van der Waals surface area contributed by atoms with Crippen LogP contribution in [0, 0.1) is 5.82 Å². The van der Waals surface area contributed by atoms with Gasteiger partial charge in [0.2, 0.25) is 0 Å². The number of hydrogen-bond donors (Lipinski definition) is 2. The van der Waals surface area contributed by atoms with E-state index in [-0.39, 0.29) is 22.0 Å². The first-order valence-corrected chi connectivity index (χ1v) is 7.61. The highest BCUT2D eigenvalue weighted by atomic mass is 35.5. The molecule has 0 fully saturated rings. The molecule has 2 aromatic carbocycles. The van der Waals surface area contributed by atoms with Gasteiger partial charge in [-0.1, -0.05) is 11.6 Å². The van der Waals surface area contributed by atoms with E-state index in [1.807, 2.05) is 0 Å². The maximum atomic E-state index is 13.2. The molecule has 0 bridgehead atoms. The van der Waals surface area contributed by atoms with Gasteiger partial charge in [-0.15, -0.1) is 0 Å². The zero-order valence-electron chi connectivity index (χ0n) is 10.9. The van der Waals surface area contributed by atoms with E-state index in [0.717, 1.165) is 12.1 Å². The molecular weight excluding hydrogens is 319 g/mol. The van der Waals surface area contributed by atoms with Crippen LogP contribution >= 0.6 is 11.6 Å². The van der Waals surface area contributed by atoms with Crippen molar-refractivity contribution in [2.45, 2.75) is 4.90 Å². The number of rotatable bonds is 4. The fourth-order valence-electron chi connectivity index (χ4n) is 1.68. The molecule has 0 aromatic heterocycles. The Morgan fingerprint density at radius 2 is 1.95 bits per heavy atom. The van der Waals surface area contributed by atoms with Crippen LogP contribution in [0.1, 0.15) is 0 Å². The number of ether oxygens (including phenoxy) is 1. The van der Waals surface area contributed by atoms with Crippen LogP contribution in [0.3, 0.4) is 0 Å². The lowest BCUT2D eigenvalue weighted by Gasteiger charge is -2.13. The second kappa shape index (κ2) is 5.79. The van der Waals surface area contributed by atoms with Crippen LogP contribution in [-0.2, 0) is 10.0 Å². The highest BCUT2D eigenvalue weighted by Gasteiger charge is 2.21. The highest BCUT2D eigenvalue weighted by Crippen LogP contribution is 2.30. The molecule has 5 nitrogen and oxygen atoms in total. The molecule has 2 rings (SSSR count). The van der Waals surface area contributed by atoms with Crippen LogP contribution in [0.4, 0.5) is 15.8 Å². The topological polar surface area (TPSA) is 81.4 Å². The van der Waals surface area contributed by atoms with E-state index in [9.17, 15) is 12.8 Å². The normalized spacial score (nSPS) is 11.2. The molecule has 21 heavy (non-hydrogen) atoms. The number of sulfonamides is 1. The number of nitrogen functional groups attached to an aromatic ring is 1. The SMILES string of the molecule is COc1cc(Cl)ccc1S(=O)(=O)Nc1cc(F)ccc1N. The minimum atomic E-state index is -3.99. The van der Waals surface area contributed by atoms with Crippen molar-refractivity contribution in [2.24, 2.45) is 0 Å². The van der Waals surface area contributed by atoms with Crippen molar-refractivity contribution in [1.29, 1.82) is 0 Å². The van der Waals surface area contributed by atoms with Crippen molar-refractivity contribution in [2.75, 3.05) is 17.6 Å². The molecule has 0 saturated heterocycles. The molecule has 0 heterocycles. The van der Waals surface area contributed by atoms with Gasteiger partial charge >= 0.3 is 0 Å². The van der Waals surface area contributed by atoms with Gasteiger partial charge in [0, 0.05) is 17.2 Å². The Bertz CT molecular complexity index is 781. The van der Waals surface area contributed by atoms with E-state index in [1.54, 1.807) is 0 Å². The third-order valence-corrected chi connectivity index (χ3v) is 4.31. The summed E-state index contributed by atoms with van der Waals surface area (Å²) in [6.07, 6.45) is 0. The van der Waals surface area contributed by atoms with Gasteiger partial charge in [0.15, 0.2) is 0 Å². The summed E-state index contributed by atoms with van der Waals surface area (Å²) in [4.78, 5) is -0.127. The molecule has 0 aliphatic heterocycles. The minimum Gasteiger partial charge on any atom is -0.495 e. The summed E-state index contributed by atoms with van der Waals surface area (Å²) in [7, 11) is -2.67. The van der Waals surface area contributed by atoms with E-state index < -0.39 is 15.8 Å². The standard InChI is InChI=1S/C13H12ClFN2O3S/c1-20-12-6-8(14)2-5-13(12)21(18,19)17-11-7-9(15)3-4-10(11)16/h2-7,17H,16H2,1H3. The predicted molar refractivity (Wildman–Crippen MR) is 79.6 cm³/mol. The maximum Gasteiger partial charge on any atom is 0.265 e. The fraction of sp³-hybridized carbons (Fsp3) is 0.0769. The van der Waals surface area contributed by atoms with E-state index in [2.05, 4.69) is 4.72 Å². The second-order valence-corrected chi connectivity index (χ2v) is 6.22. The zero-order chi connectivity index (χ0) is 15.6. The molecule has 3 N–H and O–H groups in total. The van der Waals surface area contributed by atoms with E-state index >= 15 is 0 Å². The van der Waals surface area contributed by atoms with Gasteiger partial charge in [0.05, 0.1) is 18.5 Å². The van der Waals surface area contributed by atoms with Gasteiger partial charge in [0.25, 0.3) is 10.0 Å². The second-order valence-electron chi connectivity index (χ2n) is 4.13. The Morgan fingerprint density at radius 1 is 1.24 bits per heavy atom. The van der Waals surface area contributed by atoms with E-state index in [0.29, 0.717) is 5.02 Å². The molecule has 0 amide bonds. The summed E-state index contributed by atoms with van der Waals surface area (Å²) in [6, 6.07) is 7.47. The average molecular weight is 331 g/mol. The van der Waals surface area contributed by atoms with Crippen molar-refractivity contribution in [3.05, 3.63) is 47.2 Å². The van der Waals surface area contributed by atoms with Crippen LogP contribution in [0.25, 0.3) is 0 Å². The van der Waals surface area contributed by atoms with Crippen molar-refractivity contribution >= 4 is 33.0 Å². The zero-order valence-corrected chi connectivity index (χ0v) is 12.5. The number of benzene rings is 2. The van der Waals surface area contributed by atoms with Gasteiger partial charge in [-0.2, -0.15) is 0 Å². The van der Waals surface area contributed by atoms with Gasteiger partial charge in [0.1, 0.15) is 16.5 Å². The Morgan fingerprint density at radius 3 is 2.62 bits per heavy atom. The lowest BCUT2D eigenvalue weighted by atomic mass is 10.3. The largest absolute Gasteiger partial charge is 0.495 e. The molecule has 0 radical (unpaired) electrons. The van der Waals surface area contributed by atoms with Crippen LogP contribution in [0.15, 0.2) is 41.3 Å². The molecule has 112 valence electrons. The Balaban J connectivity index is 2.46. The van der Waals surface area contributed by atoms with Crippen LogP contribution < -0.4 is 15.2 Å². The molecule has 0 unspecified atom stereocenters. The van der Waals surface area contributed by atoms with Gasteiger partial charge < -0.3 is 10.5 Å². The minimum absolute atomic E-state index is 0.0491. The predicted octanol–water partition coefficient (Wildman–Crippen LogP) is 2.87. The van der Waals surface area contributed by atoms with Gasteiger partial charge in [-0.25, -0.2) is 12.8 Å². The molecular formula is C13H12ClFN2O3S. The lowest BCUT2D eigenvalue weighted by molar-refractivity contribution is 0.403. The van der Waals surface area contributed by atoms with Crippen molar-refractivity contribution in [1.82, 2.24) is 0 Å². The molecule has 0 atom stereocenters. The summed E-state index contributed by atoms with van der Waals surface area (Å²) >= 11 is 5.79. The highest BCUT2D eigenvalue weighted by molar-refractivity contribution is 7.92. The molecule has 8 heteroatoms. The van der Waals surface area contributed by atoms with Crippen LogP contribution in [0.2, 0.25) is 5.02 Å². The van der Waals surface area contributed by atoms with E-state index in [1.165, 1.54) is 31.4 Å². The third kappa shape index (κ3) is 3.37. The third-order valence-electron chi connectivity index (χ3n) is 2.67. The lowest BCUT2D eigenvalue weighted by Crippen LogP contribution is -2.15. The van der Waals surface area contributed by atoms with Crippen LogP contribution in [0.5, 0.6) is 5.75 Å². The number of nitrogens with one attached hydrogen (secondary N) is 1. The summed E-state index contributed by atoms with van der Waals surface area (Å²) in [5, 5.41) is 0.330. The Hall–Kier alpha value is -1.99. The fourth-order valence-corrected chi connectivity index (χ4v) is 3.07. The number of anilines is 2. The Kier molecular flexibility index (Phi) is 4.24. The van der Waals surface area contributed by atoms with Gasteiger partial charge in [-0.3, -0.25) is 4.72 Å². The first kappa shape index (κ1) is 15.4.